The highest BCUT2D eigenvalue weighted by atomic mass is 16.1. The average Bonchev–Trinajstić information content (AvgIpc) is 2.37. The number of carbonyl (C=O) groups excluding carboxylic acids is 2. The molecule has 0 atom stereocenters. The summed E-state index contributed by atoms with van der Waals surface area (Å²) in [7, 11) is 0. The quantitative estimate of drug-likeness (QED) is 0.795. The molecule has 0 saturated carbocycles. The highest BCUT2D eigenvalue weighted by Crippen LogP contribution is 2.31. The van der Waals surface area contributed by atoms with E-state index in [1.807, 2.05) is 30.3 Å². The molecule has 1 heterocycles. The molecule has 0 aliphatic rings. The van der Waals surface area contributed by atoms with Crippen molar-refractivity contribution in [3.8, 4) is 11.1 Å². The van der Waals surface area contributed by atoms with Crippen molar-refractivity contribution in [3.63, 3.8) is 0 Å². The molecule has 0 unspecified atom stereocenters. The smallest absolute Gasteiger partial charge is 0.162 e. The average molecular weight is 267 g/mol. The van der Waals surface area contributed by atoms with Gasteiger partial charge >= 0.3 is 0 Å². The minimum absolute atomic E-state index is 0.0728. The van der Waals surface area contributed by atoms with Crippen LogP contribution in [0, 0.1) is 13.8 Å². The summed E-state index contributed by atoms with van der Waals surface area (Å²) in [4.78, 5) is 28.4. The Hall–Kier alpha value is -2.29. The van der Waals surface area contributed by atoms with Crippen LogP contribution < -0.4 is 0 Å². The highest BCUT2D eigenvalue weighted by molar-refractivity contribution is 6.10. The minimum atomic E-state index is -0.0728. The summed E-state index contributed by atoms with van der Waals surface area (Å²) in [5.41, 5.74) is 3.98. The monoisotopic (exact) mass is 267 g/mol. The predicted molar refractivity (Wildman–Crippen MR) is 79.2 cm³/mol. The summed E-state index contributed by atoms with van der Waals surface area (Å²) in [5, 5.41) is 0. The first-order chi connectivity index (χ1) is 9.43. The van der Waals surface area contributed by atoms with Crippen LogP contribution >= 0.6 is 0 Å². The Morgan fingerprint density at radius 2 is 1.30 bits per heavy atom. The first-order valence-electron chi connectivity index (χ1n) is 6.52. The number of aryl methyl sites for hydroxylation is 2. The van der Waals surface area contributed by atoms with Crippen molar-refractivity contribution in [3.05, 3.63) is 52.8 Å². The van der Waals surface area contributed by atoms with Gasteiger partial charge in [0, 0.05) is 28.1 Å². The molecule has 20 heavy (non-hydrogen) atoms. The molecule has 0 aliphatic heterocycles. The zero-order valence-electron chi connectivity index (χ0n) is 12.2. The molecule has 0 aliphatic carbocycles. The maximum atomic E-state index is 12.0. The summed E-state index contributed by atoms with van der Waals surface area (Å²) in [6.07, 6.45) is 0. The molecule has 1 aromatic carbocycles. The second-order valence-electron chi connectivity index (χ2n) is 4.89. The maximum absolute atomic E-state index is 12.0. The Kier molecular flexibility index (Phi) is 3.79. The van der Waals surface area contributed by atoms with E-state index in [0.29, 0.717) is 28.1 Å². The molecule has 3 nitrogen and oxygen atoms in total. The summed E-state index contributed by atoms with van der Waals surface area (Å²) in [5.74, 6) is -0.146. The fraction of sp³-hybridized carbons (Fsp3) is 0.235. The van der Waals surface area contributed by atoms with Crippen LogP contribution in [0.15, 0.2) is 30.3 Å². The van der Waals surface area contributed by atoms with Crippen LogP contribution in [0.25, 0.3) is 11.1 Å². The highest BCUT2D eigenvalue weighted by Gasteiger charge is 2.22. The van der Waals surface area contributed by atoms with E-state index in [2.05, 4.69) is 4.98 Å². The largest absolute Gasteiger partial charge is 0.294 e. The third kappa shape index (κ3) is 2.39. The molecular formula is C17H17NO2. The maximum Gasteiger partial charge on any atom is 0.162 e. The number of hydrogen-bond donors (Lipinski definition) is 0. The fourth-order valence-corrected chi connectivity index (χ4v) is 2.61. The van der Waals surface area contributed by atoms with Gasteiger partial charge in [0.25, 0.3) is 0 Å². The second kappa shape index (κ2) is 5.37. The second-order valence-corrected chi connectivity index (χ2v) is 4.89. The number of Topliss-reactive ketones (excluding diaryl/α,β-unsaturated/α-hetero) is 2. The number of nitrogens with zero attached hydrogens (tertiary/aromatic N) is 1. The number of pyridine rings is 1. The topological polar surface area (TPSA) is 47.0 Å². The number of hydrogen-bond acceptors (Lipinski definition) is 3. The molecule has 0 N–H and O–H groups in total. The van der Waals surface area contributed by atoms with Gasteiger partial charge in [0.15, 0.2) is 11.6 Å². The first-order valence-corrected chi connectivity index (χ1v) is 6.52. The summed E-state index contributed by atoms with van der Waals surface area (Å²) in [6.45, 7) is 6.63. The van der Waals surface area contributed by atoms with Crippen molar-refractivity contribution in [1.82, 2.24) is 4.98 Å². The Bertz CT molecular complexity index is 650. The number of rotatable bonds is 3. The van der Waals surface area contributed by atoms with Gasteiger partial charge < -0.3 is 0 Å². The molecule has 2 aromatic rings. The van der Waals surface area contributed by atoms with E-state index in [1.54, 1.807) is 13.8 Å². The van der Waals surface area contributed by atoms with Crippen LogP contribution in [0.4, 0.5) is 0 Å². The van der Waals surface area contributed by atoms with Crippen LogP contribution in [0.1, 0.15) is 46.0 Å². The summed E-state index contributed by atoms with van der Waals surface area (Å²) >= 11 is 0. The Morgan fingerprint density at radius 3 is 1.70 bits per heavy atom. The molecule has 0 bridgehead atoms. The number of aromatic nitrogens is 1. The van der Waals surface area contributed by atoms with Gasteiger partial charge in [-0.05, 0) is 33.3 Å². The Balaban J connectivity index is 2.94. The van der Waals surface area contributed by atoms with Gasteiger partial charge in [-0.1, -0.05) is 30.3 Å². The zero-order chi connectivity index (χ0) is 14.9. The van der Waals surface area contributed by atoms with Gasteiger partial charge in [-0.2, -0.15) is 0 Å². The Labute approximate surface area is 118 Å². The van der Waals surface area contributed by atoms with E-state index >= 15 is 0 Å². The lowest BCUT2D eigenvalue weighted by Crippen LogP contribution is -2.11. The molecule has 102 valence electrons. The molecule has 1 aromatic heterocycles. The molecule has 0 spiro atoms. The Morgan fingerprint density at radius 1 is 0.850 bits per heavy atom. The predicted octanol–water partition coefficient (Wildman–Crippen LogP) is 3.77. The molecule has 0 amide bonds. The third-order valence-corrected chi connectivity index (χ3v) is 3.33. The van der Waals surface area contributed by atoms with Crippen LogP contribution in [0.5, 0.6) is 0 Å². The lowest BCUT2D eigenvalue weighted by molar-refractivity contribution is 0.101. The lowest BCUT2D eigenvalue weighted by Gasteiger charge is -2.16. The molecule has 0 radical (unpaired) electrons. The van der Waals surface area contributed by atoms with Crippen molar-refractivity contribution >= 4 is 11.6 Å². The van der Waals surface area contributed by atoms with Crippen molar-refractivity contribution in [2.45, 2.75) is 27.7 Å². The molecule has 2 rings (SSSR count). The van der Waals surface area contributed by atoms with Gasteiger partial charge in [-0.15, -0.1) is 0 Å². The molecule has 0 saturated heterocycles. The van der Waals surface area contributed by atoms with Crippen LogP contribution in [-0.2, 0) is 0 Å². The summed E-state index contributed by atoms with van der Waals surface area (Å²) < 4.78 is 0. The SMILES string of the molecule is CC(=O)c1c(C)nc(C)c(C(C)=O)c1-c1ccccc1. The van der Waals surface area contributed by atoms with Crippen molar-refractivity contribution in [2.24, 2.45) is 0 Å². The number of ketones is 2. The van der Waals surface area contributed by atoms with Crippen molar-refractivity contribution < 1.29 is 9.59 Å². The minimum Gasteiger partial charge on any atom is -0.294 e. The first kappa shape index (κ1) is 14.1. The fourth-order valence-electron chi connectivity index (χ4n) is 2.61. The third-order valence-electron chi connectivity index (χ3n) is 3.33. The zero-order valence-corrected chi connectivity index (χ0v) is 12.2. The van der Waals surface area contributed by atoms with E-state index in [9.17, 15) is 9.59 Å². The lowest BCUT2D eigenvalue weighted by atomic mass is 9.89. The van der Waals surface area contributed by atoms with Gasteiger partial charge in [0.05, 0.1) is 0 Å². The number of carbonyl (C=O) groups is 2. The van der Waals surface area contributed by atoms with Crippen LogP contribution in [-0.4, -0.2) is 16.6 Å². The van der Waals surface area contributed by atoms with Crippen LogP contribution in [0.2, 0.25) is 0 Å². The van der Waals surface area contributed by atoms with E-state index in [0.717, 1.165) is 5.56 Å². The molecular weight excluding hydrogens is 250 g/mol. The molecule has 3 heteroatoms. The van der Waals surface area contributed by atoms with E-state index in [-0.39, 0.29) is 11.6 Å². The normalized spacial score (nSPS) is 10.4. The summed E-state index contributed by atoms with van der Waals surface area (Å²) in [6, 6.07) is 9.52. The van der Waals surface area contributed by atoms with Crippen molar-refractivity contribution in [2.75, 3.05) is 0 Å². The number of benzene rings is 1. The van der Waals surface area contributed by atoms with Crippen LogP contribution in [0.3, 0.4) is 0 Å². The van der Waals surface area contributed by atoms with E-state index in [1.165, 1.54) is 13.8 Å². The van der Waals surface area contributed by atoms with Crippen molar-refractivity contribution in [1.29, 1.82) is 0 Å². The van der Waals surface area contributed by atoms with Gasteiger partial charge in [-0.3, -0.25) is 14.6 Å². The standard InChI is InChI=1S/C17H17NO2/c1-10-15(12(3)19)17(14-8-6-5-7-9-14)16(13(4)20)11(2)18-10/h5-9H,1-4H3. The van der Waals surface area contributed by atoms with Gasteiger partial charge in [0.2, 0.25) is 0 Å². The van der Waals surface area contributed by atoms with E-state index in [4.69, 9.17) is 0 Å². The van der Waals surface area contributed by atoms with Gasteiger partial charge in [0.1, 0.15) is 0 Å². The van der Waals surface area contributed by atoms with E-state index < -0.39 is 0 Å². The van der Waals surface area contributed by atoms with Gasteiger partial charge in [-0.25, -0.2) is 0 Å². The molecule has 0 fully saturated rings.